The van der Waals surface area contributed by atoms with Gasteiger partial charge in [0.1, 0.15) is 0 Å². The summed E-state index contributed by atoms with van der Waals surface area (Å²) in [4.78, 5) is 4.63. The zero-order valence-electron chi connectivity index (χ0n) is 11.4. The number of pyridine rings is 1. The molecule has 0 unspecified atom stereocenters. The summed E-state index contributed by atoms with van der Waals surface area (Å²) in [7, 11) is 0. The van der Waals surface area contributed by atoms with Gasteiger partial charge in [-0.1, -0.05) is 13.8 Å². The smallest absolute Gasteiger partial charge is 0.153 e. The molecule has 0 aliphatic heterocycles. The molecule has 1 saturated carbocycles. The average Bonchev–Trinajstić information content (AvgIpc) is 3.15. The van der Waals surface area contributed by atoms with Gasteiger partial charge in [0.15, 0.2) is 5.82 Å². The summed E-state index contributed by atoms with van der Waals surface area (Å²) in [5.41, 5.74) is 3.03. The molecule has 0 radical (unpaired) electrons. The van der Waals surface area contributed by atoms with Crippen molar-refractivity contribution in [3.05, 3.63) is 41.3 Å². The van der Waals surface area contributed by atoms with E-state index in [1.165, 1.54) is 12.8 Å². The van der Waals surface area contributed by atoms with Crippen LogP contribution in [0.2, 0.25) is 0 Å². The van der Waals surface area contributed by atoms with Crippen molar-refractivity contribution >= 4 is 0 Å². The first-order valence-corrected chi connectivity index (χ1v) is 6.85. The van der Waals surface area contributed by atoms with Crippen LogP contribution < -0.4 is 0 Å². The lowest BCUT2D eigenvalue weighted by atomic mass is 10.1. The average molecular weight is 257 g/mol. The second-order valence-corrected chi connectivity index (χ2v) is 5.53. The second-order valence-electron chi connectivity index (χ2n) is 5.53. The van der Waals surface area contributed by atoms with Crippen LogP contribution in [0.1, 0.15) is 55.5 Å². The van der Waals surface area contributed by atoms with E-state index in [2.05, 4.69) is 30.0 Å². The molecule has 0 aromatic carbocycles. The fraction of sp³-hybridized carbons (Fsp3) is 0.467. The highest BCUT2D eigenvalue weighted by Gasteiger charge is 2.26. The lowest BCUT2D eigenvalue weighted by molar-refractivity contribution is 0.281. The largest absolute Gasteiger partial charge is 0.392 e. The van der Waals surface area contributed by atoms with Crippen molar-refractivity contribution in [1.82, 2.24) is 14.8 Å². The van der Waals surface area contributed by atoms with Gasteiger partial charge in [0.05, 0.1) is 12.3 Å². The lowest BCUT2D eigenvalue weighted by Crippen LogP contribution is -2.04. The number of nitrogens with zero attached hydrogens (tertiary/aromatic N) is 3. The van der Waals surface area contributed by atoms with Crippen LogP contribution in [0.3, 0.4) is 0 Å². The van der Waals surface area contributed by atoms with E-state index in [1.807, 2.05) is 23.0 Å². The van der Waals surface area contributed by atoms with Crippen LogP contribution in [0.25, 0.3) is 5.82 Å². The van der Waals surface area contributed by atoms with Crippen LogP contribution in [0.5, 0.6) is 0 Å². The number of hydrogen-bond donors (Lipinski definition) is 1. The van der Waals surface area contributed by atoms with E-state index >= 15 is 0 Å². The van der Waals surface area contributed by atoms with Crippen LogP contribution >= 0.6 is 0 Å². The van der Waals surface area contributed by atoms with Crippen molar-refractivity contribution in [3.8, 4) is 5.82 Å². The molecule has 1 N–H and O–H groups in total. The molecule has 3 rings (SSSR count). The highest BCUT2D eigenvalue weighted by Crippen LogP contribution is 2.39. The molecule has 4 heteroatoms. The molecule has 2 aromatic heterocycles. The van der Waals surface area contributed by atoms with Crippen molar-refractivity contribution in [3.63, 3.8) is 0 Å². The summed E-state index contributed by atoms with van der Waals surface area (Å²) in [6, 6.07) is 5.93. The third kappa shape index (κ3) is 2.54. The van der Waals surface area contributed by atoms with Crippen molar-refractivity contribution in [1.29, 1.82) is 0 Å². The highest BCUT2D eigenvalue weighted by atomic mass is 16.3. The third-order valence-electron chi connectivity index (χ3n) is 3.51. The molecule has 1 fully saturated rings. The van der Waals surface area contributed by atoms with Gasteiger partial charge in [-0.3, -0.25) is 0 Å². The molecule has 0 spiro atoms. The minimum absolute atomic E-state index is 0.0337. The van der Waals surface area contributed by atoms with Crippen molar-refractivity contribution < 1.29 is 5.11 Å². The van der Waals surface area contributed by atoms with E-state index in [0.29, 0.717) is 11.8 Å². The molecule has 0 bridgehead atoms. The van der Waals surface area contributed by atoms with Gasteiger partial charge in [0.25, 0.3) is 0 Å². The predicted octanol–water partition coefficient (Wildman–Crippen LogP) is 2.76. The van der Waals surface area contributed by atoms with E-state index in [0.717, 1.165) is 22.8 Å². The Bertz CT molecular complexity index is 585. The second kappa shape index (κ2) is 4.78. The molecular weight excluding hydrogens is 238 g/mol. The molecule has 2 aromatic rings. The summed E-state index contributed by atoms with van der Waals surface area (Å²) in [6.45, 7) is 4.24. The molecule has 19 heavy (non-hydrogen) atoms. The third-order valence-corrected chi connectivity index (χ3v) is 3.51. The summed E-state index contributed by atoms with van der Waals surface area (Å²) in [5.74, 6) is 1.78. The number of aliphatic hydroxyl groups is 1. The van der Waals surface area contributed by atoms with Gasteiger partial charge < -0.3 is 5.11 Å². The quantitative estimate of drug-likeness (QED) is 0.916. The van der Waals surface area contributed by atoms with Crippen LogP contribution in [0.15, 0.2) is 24.4 Å². The zero-order chi connectivity index (χ0) is 13.4. The number of aromatic nitrogens is 3. The number of rotatable bonds is 4. The Kier molecular flexibility index (Phi) is 3.11. The fourth-order valence-corrected chi connectivity index (χ4v) is 2.16. The fourth-order valence-electron chi connectivity index (χ4n) is 2.16. The van der Waals surface area contributed by atoms with E-state index < -0.39 is 0 Å². The van der Waals surface area contributed by atoms with E-state index in [-0.39, 0.29) is 6.61 Å². The maximum Gasteiger partial charge on any atom is 0.153 e. The first-order valence-electron chi connectivity index (χ1n) is 6.85. The van der Waals surface area contributed by atoms with Gasteiger partial charge in [-0.05, 0) is 42.5 Å². The number of hydrogen-bond acceptors (Lipinski definition) is 3. The van der Waals surface area contributed by atoms with E-state index in [1.54, 1.807) is 0 Å². The normalized spacial score (nSPS) is 15.2. The maximum absolute atomic E-state index is 9.36. The van der Waals surface area contributed by atoms with Gasteiger partial charge in [-0.15, -0.1) is 0 Å². The first-order chi connectivity index (χ1) is 9.17. The SMILES string of the molecule is CC(C)c1cc(CO)cc(-n2ccc(C3CC3)n2)n1. The van der Waals surface area contributed by atoms with Crippen molar-refractivity contribution in [2.45, 2.75) is 45.1 Å². The van der Waals surface area contributed by atoms with Gasteiger partial charge in [0, 0.05) is 17.8 Å². The van der Waals surface area contributed by atoms with Crippen molar-refractivity contribution in [2.24, 2.45) is 0 Å². The Morgan fingerprint density at radius 1 is 1.37 bits per heavy atom. The Morgan fingerprint density at radius 3 is 2.79 bits per heavy atom. The summed E-state index contributed by atoms with van der Waals surface area (Å²) < 4.78 is 1.82. The summed E-state index contributed by atoms with van der Waals surface area (Å²) in [5, 5.41) is 14.0. The van der Waals surface area contributed by atoms with Gasteiger partial charge >= 0.3 is 0 Å². The summed E-state index contributed by atoms with van der Waals surface area (Å²) >= 11 is 0. The monoisotopic (exact) mass is 257 g/mol. The Hall–Kier alpha value is -1.68. The molecule has 1 aliphatic carbocycles. The Balaban J connectivity index is 1.99. The molecular formula is C15H19N3O. The van der Waals surface area contributed by atoms with Crippen LogP contribution in [0.4, 0.5) is 0 Å². The molecule has 4 nitrogen and oxygen atoms in total. The molecule has 2 heterocycles. The van der Waals surface area contributed by atoms with E-state index in [9.17, 15) is 5.11 Å². The van der Waals surface area contributed by atoms with Gasteiger partial charge in [0.2, 0.25) is 0 Å². The molecule has 0 atom stereocenters. The maximum atomic E-state index is 9.36. The van der Waals surface area contributed by atoms with Gasteiger partial charge in [-0.2, -0.15) is 5.10 Å². The minimum Gasteiger partial charge on any atom is -0.392 e. The van der Waals surface area contributed by atoms with Crippen molar-refractivity contribution in [2.75, 3.05) is 0 Å². The van der Waals surface area contributed by atoms with Gasteiger partial charge in [-0.25, -0.2) is 9.67 Å². The van der Waals surface area contributed by atoms with Crippen LogP contribution in [0, 0.1) is 0 Å². The topological polar surface area (TPSA) is 50.9 Å². The molecule has 0 amide bonds. The minimum atomic E-state index is 0.0337. The Labute approximate surface area is 113 Å². The molecule has 1 aliphatic rings. The molecule has 0 saturated heterocycles. The zero-order valence-corrected chi connectivity index (χ0v) is 11.4. The first kappa shape index (κ1) is 12.4. The van der Waals surface area contributed by atoms with Crippen LogP contribution in [-0.4, -0.2) is 19.9 Å². The summed E-state index contributed by atoms with van der Waals surface area (Å²) in [6.07, 6.45) is 4.46. The number of aliphatic hydroxyl groups excluding tert-OH is 1. The van der Waals surface area contributed by atoms with E-state index in [4.69, 9.17) is 0 Å². The highest BCUT2D eigenvalue weighted by molar-refractivity contribution is 5.32. The Morgan fingerprint density at radius 2 is 2.16 bits per heavy atom. The molecule has 100 valence electrons. The standard InChI is InChI=1S/C15H19N3O/c1-10(2)14-7-11(9-19)8-15(16-14)18-6-5-13(17-18)12-3-4-12/h5-8,10,12,19H,3-4,9H2,1-2H3. The van der Waals surface area contributed by atoms with Crippen LogP contribution in [-0.2, 0) is 6.61 Å². The lowest BCUT2D eigenvalue weighted by Gasteiger charge is -2.10. The predicted molar refractivity (Wildman–Crippen MR) is 73.3 cm³/mol.